The maximum absolute atomic E-state index is 12.3. The summed E-state index contributed by atoms with van der Waals surface area (Å²) in [5, 5.41) is 6.04. The molecular formula is C19H17BrN4O. The molecule has 2 heterocycles. The predicted molar refractivity (Wildman–Crippen MR) is 103 cm³/mol. The van der Waals surface area contributed by atoms with Gasteiger partial charge in [-0.15, -0.1) is 0 Å². The summed E-state index contributed by atoms with van der Waals surface area (Å²) in [6.07, 6.45) is 3.31. The van der Waals surface area contributed by atoms with Crippen molar-refractivity contribution in [2.24, 2.45) is 0 Å². The molecule has 0 unspecified atom stereocenters. The van der Waals surface area contributed by atoms with Crippen LogP contribution in [0.25, 0.3) is 0 Å². The lowest BCUT2D eigenvalue weighted by molar-refractivity contribution is 0.102. The van der Waals surface area contributed by atoms with Crippen molar-refractivity contribution in [3.63, 3.8) is 0 Å². The van der Waals surface area contributed by atoms with Crippen LogP contribution < -0.4 is 10.6 Å². The van der Waals surface area contributed by atoms with Gasteiger partial charge in [0.05, 0.1) is 17.8 Å². The topological polar surface area (TPSA) is 66.9 Å². The summed E-state index contributed by atoms with van der Waals surface area (Å²) in [6.45, 7) is 2.58. The van der Waals surface area contributed by atoms with Gasteiger partial charge in [0.1, 0.15) is 5.82 Å². The normalized spacial score (nSPS) is 10.3. The molecule has 0 saturated heterocycles. The van der Waals surface area contributed by atoms with Crippen LogP contribution in [0.2, 0.25) is 0 Å². The molecule has 0 aliphatic rings. The number of carbonyl (C=O) groups excluding carboxylic acids is 1. The summed E-state index contributed by atoms with van der Waals surface area (Å²) >= 11 is 3.46. The molecule has 0 aliphatic heterocycles. The third kappa shape index (κ3) is 4.64. The van der Waals surface area contributed by atoms with Crippen LogP contribution in [0.5, 0.6) is 0 Å². The van der Waals surface area contributed by atoms with E-state index in [4.69, 9.17) is 0 Å². The van der Waals surface area contributed by atoms with Crippen LogP contribution in [0.1, 0.15) is 21.6 Å². The molecule has 1 aromatic carbocycles. The Hall–Kier alpha value is -2.73. The predicted octanol–water partition coefficient (Wildman–Crippen LogP) is 4.41. The number of nitrogens with zero attached hydrogens (tertiary/aromatic N) is 2. The number of hydrogen-bond donors (Lipinski definition) is 2. The lowest BCUT2D eigenvalue weighted by Crippen LogP contribution is -2.12. The van der Waals surface area contributed by atoms with Gasteiger partial charge in [0.15, 0.2) is 0 Å². The molecule has 2 N–H and O–H groups in total. The first kappa shape index (κ1) is 17.1. The summed E-state index contributed by atoms with van der Waals surface area (Å²) < 4.78 is 0.956. The molecule has 0 fully saturated rings. The van der Waals surface area contributed by atoms with Crippen LogP contribution in [0.4, 0.5) is 11.5 Å². The molecule has 0 spiro atoms. The fourth-order valence-electron chi connectivity index (χ4n) is 2.19. The first-order valence-electron chi connectivity index (χ1n) is 7.79. The van der Waals surface area contributed by atoms with E-state index in [9.17, 15) is 4.79 Å². The Balaban J connectivity index is 1.61. The Morgan fingerprint density at radius 3 is 2.68 bits per heavy atom. The van der Waals surface area contributed by atoms with Crippen LogP contribution in [-0.4, -0.2) is 15.9 Å². The molecule has 25 heavy (non-hydrogen) atoms. The Labute approximate surface area is 154 Å². The van der Waals surface area contributed by atoms with Crippen molar-refractivity contribution in [2.45, 2.75) is 13.5 Å². The Morgan fingerprint density at radius 2 is 2.00 bits per heavy atom. The number of benzene rings is 1. The Bertz CT molecular complexity index is 866. The Kier molecular flexibility index (Phi) is 5.40. The number of rotatable bonds is 5. The van der Waals surface area contributed by atoms with E-state index >= 15 is 0 Å². The number of anilines is 2. The quantitative estimate of drug-likeness (QED) is 0.669. The summed E-state index contributed by atoms with van der Waals surface area (Å²) in [6, 6.07) is 15.0. The van der Waals surface area contributed by atoms with E-state index in [0.29, 0.717) is 17.9 Å². The molecule has 1 amide bonds. The van der Waals surface area contributed by atoms with Crippen molar-refractivity contribution in [1.82, 2.24) is 9.97 Å². The zero-order chi connectivity index (χ0) is 17.6. The average Bonchev–Trinajstić information content (AvgIpc) is 2.64. The molecule has 0 radical (unpaired) electrons. The lowest BCUT2D eigenvalue weighted by Gasteiger charge is -2.08. The zero-order valence-electron chi connectivity index (χ0n) is 13.7. The van der Waals surface area contributed by atoms with Crippen LogP contribution >= 0.6 is 15.9 Å². The van der Waals surface area contributed by atoms with E-state index in [2.05, 4.69) is 36.5 Å². The largest absolute Gasteiger partial charge is 0.364 e. The van der Waals surface area contributed by atoms with Crippen molar-refractivity contribution in [1.29, 1.82) is 0 Å². The van der Waals surface area contributed by atoms with Gasteiger partial charge in [0.2, 0.25) is 0 Å². The molecule has 2 aromatic heterocycles. The molecule has 0 bridgehead atoms. The van der Waals surface area contributed by atoms with Gasteiger partial charge in [0.25, 0.3) is 5.91 Å². The van der Waals surface area contributed by atoms with Gasteiger partial charge >= 0.3 is 0 Å². The van der Waals surface area contributed by atoms with E-state index in [1.807, 2.05) is 43.3 Å². The number of pyridine rings is 2. The highest BCUT2D eigenvalue weighted by Gasteiger charge is 2.08. The van der Waals surface area contributed by atoms with Gasteiger partial charge in [-0.3, -0.25) is 9.78 Å². The van der Waals surface area contributed by atoms with Crippen molar-refractivity contribution in [3.8, 4) is 0 Å². The second-order valence-electron chi connectivity index (χ2n) is 5.52. The summed E-state index contributed by atoms with van der Waals surface area (Å²) in [4.78, 5) is 20.8. The molecule has 126 valence electrons. The van der Waals surface area contributed by atoms with Crippen LogP contribution in [0, 0.1) is 6.92 Å². The molecule has 0 saturated carbocycles. The van der Waals surface area contributed by atoms with Crippen LogP contribution in [0.3, 0.4) is 0 Å². The summed E-state index contributed by atoms with van der Waals surface area (Å²) in [7, 11) is 0. The molecule has 3 aromatic rings. The highest BCUT2D eigenvalue weighted by Crippen LogP contribution is 2.21. The van der Waals surface area contributed by atoms with Crippen LogP contribution in [0.15, 0.2) is 65.4 Å². The molecule has 6 heteroatoms. The van der Waals surface area contributed by atoms with E-state index in [1.165, 1.54) is 0 Å². The first-order chi connectivity index (χ1) is 12.1. The van der Waals surface area contributed by atoms with E-state index in [-0.39, 0.29) is 5.91 Å². The van der Waals surface area contributed by atoms with Crippen molar-refractivity contribution < 1.29 is 4.79 Å². The van der Waals surface area contributed by atoms with Crippen molar-refractivity contribution in [3.05, 3.63) is 82.2 Å². The van der Waals surface area contributed by atoms with Crippen LogP contribution in [-0.2, 0) is 6.54 Å². The smallest absolute Gasteiger partial charge is 0.257 e. The van der Waals surface area contributed by atoms with E-state index in [0.717, 1.165) is 21.4 Å². The fourth-order valence-corrected chi connectivity index (χ4v) is 2.57. The number of aromatic nitrogens is 2. The standard InChI is InChI=1S/C19H17BrN4O/c1-13-5-7-15(10-17(13)20)24-19(25)14-6-8-18(22-11-14)23-12-16-4-2-3-9-21-16/h2-11H,12H2,1H3,(H,22,23)(H,24,25). The van der Waals surface area contributed by atoms with Gasteiger partial charge in [0, 0.05) is 22.6 Å². The number of carbonyl (C=O) groups is 1. The minimum atomic E-state index is -0.195. The van der Waals surface area contributed by atoms with Crippen molar-refractivity contribution >= 4 is 33.3 Å². The van der Waals surface area contributed by atoms with Gasteiger partial charge < -0.3 is 10.6 Å². The SMILES string of the molecule is Cc1ccc(NC(=O)c2ccc(NCc3ccccn3)nc2)cc1Br. The van der Waals surface area contributed by atoms with E-state index in [1.54, 1.807) is 24.5 Å². The zero-order valence-corrected chi connectivity index (χ0v) is 15.2. The lowest BCUT2D eigenvalue weighted by atomic mass is 10.2. The summed E-state index contributed by atoms with van der Waals surface area (Å²) in [5.74, 6) is 0.500. The van der Waals surface area contributed by atoms with Gasteiger partial charge in [-0.1, -0.05) is 28.1 Å². The third-order valence-corrected chi connectivity index (χ3v) is 4.49. The maximum atomic E-state index is 12.3. The monoisotopic (exact) mass is 396 g/mol. The van der Waals surface area contributed by atoms with E-state index < -0.39 is 0 Å². The van der Waals surface area contributed by atoms with Gasteiger partial charge in [-0.05, 0) is 48.9 Å². The second kappa shape index (κ2) is 7.90. The van der Waals surface area contributed by atoms with Gasteiger partial charge in [-0.2, -0.15) is 0 Å². The van der Waals surface area contributed by atoms with Gasteiger partial charge in [-0.25, -0.2) is 4.98 Å². The highest BCUT2D eigenvalue weighted by molar-refractivity contribution is 9.10. The minimum absolute atomic E-state index is 0.195. The number of halogens is 1. The number of hydrogen-bond acceptors (Lipinski definition) is 4. The number of aryl methyl sites for hydroxylation is 1. The minimum Gasteiger partial charge on any atom is -0.364 e. The highest BCUT2D eigenvalue weighted by atomic mass is 79.9. The molecule has 3 rings (SSSR count). The summed E-state index contributed by atoms with van der Waals surface area (Å²) in [5.41, 5.74) is 3.28. The average molecular weight is 397 g/mol. The maximum Gasteiger partial charge on any atom is 0.257 e. The third-order valence-electron chi connectivity index (χ3n) is 3.63. The number of amides is 1. The fraction of sp³-hybridized carbons (Fsp3) is 0.105. The second-order valence-corrected chi connectivity index (χ2v) is 6.38. The molecule has 0 atom stereocenters. The first-order valence-corrected chi connectivity index (χ1v) is 8.58. The molecule has 5 nitrogen and oxygen atoms in total. The molecular weight excluding hydrogens is 380 g/mol. The number of nitrogens with one attached hydrogen (secondary N) is 2. The van der Waals surface area contributed by atoms with Crippen molar-refractivity contribution in [2.75, 3.05) is 10.6 Å². The molecule has 0 aliphatic carbocycles. The Morgan fingerprint density at radius 1 is 1.12 bits per heavy atom.